The van der Waals surface area contributed by atoms with Gasteiger partial charge in [-0.05, 0) is 55.7 Å². The lowest BCUT2D eigenvalue weighted by Crippen LogP contribution is -2.37. The van der Waals surface area contributed by atoms with Crippen LogP contribution in [-0.4, -0.2) is 12.7 Å². The Balaban J connectivity index is 1.92. The van der Waals surface area contributed by atoms with Gasteiger partial charge in [0.2, 0.25) is 0 Å². The van der Waals surface area contributed by atoms with Gasteiger partial charge < -0.3 is 10.1 Å². The highest BCUT2D eigenvalue weighted by molar-refractivity contribution is 5.29. The molecule has 0 heterocycles. The Kier molecular flexibility index (Phi) is 5.57. The minimum absolute atomic E-state index is 0.209. The molecule has 0 spiro atoms. The average Bonchev–Trinajstić information content (AvgIpc) is 2.37. The molecule has 1 N–H and O–H groups in total. The number of rotatable bonds is 5. The summed E-state index contributed by atoms with van der Waals surface area (Å²) in [5.74, 6) is 1.74. The van der Waals surface area contributed by atoms with Crippen LogP contribution in [0.5, 0.6) is 5.75 Å². The van der Waals surface area contributed by atoms with E-state index in [1.54, 1.807) is 12.1 Å². The van der Waals surface area contributed by atoms with Crippen molar-refractivity contribution in [2.75, 3.05) is 0 Å². The third-order valence-corrected chi connectivity index (χ3v) is 4.27. The van der Waals surface area contributed by atoms with Crippen LogP contribution in [0.4, 0.5) is 8.78 Å². The second-order valence-electron chi connectivity index (χ2n) is 6.45. The smallest absolute Gasteiger partial charge is 0.387 e. The van der Waals surface area contributed by atoms with Crippen molar-refractivity contribution in [3.05, 3.63) is 29.8 Å². The van der Waals surface area contributed by atoms with E-state index in [1.165, 1.54) is 19.3 Å². The van der Waals surface area contributed by atoms with Gasteiger partial charge in [0, 0.05) is 12.1 Å². The molecule has 2 nitrogen and oxygen atoms in total. The fourth-order valence-electron chi connectivity index (χ4n) is 3.47. The molecule has 118 valence electrons. The molecule has 0 bridgehead atoms. The summed E-state index contributed by atoms with van der Waals surface area (Å²) in [5, 5.41) is 3.67. The van der Waals surface area contributed by atoms with Crippen LogP contribution >= 0.6 is 0 Å². The van der Waals surface area contributed by atoms with Gasteiger partial charge in [-0.2, -0.15) is 8.78 Å². The number of alkyl halides is 2. The molecule has 0 radical (unpaired) electrons. The van der Waals surface area contributed by atoms with E-state index < -0.39 is 6.61 Å². The summed E-state index contributed by atoms with van der Waals surface area (Å²) in [5.41, 5.74) is 1.10. The fourth-order valence-corrected chi connectivity index (χ4v) is 3.47. The van der Waals surface area contributed by atoms with Crippen molar-refractivity contribution >= 4 is 0 Å². The SMILES string of the molecule is CC1CC(C)CC(NC(C)c2ccc(OC(F)F)cc2)C1. The molecule has 1 aromatic carbocycles. The second-order valence-corrected chi connectivity index (χ2v) is 6.45. The lowest BCUT2D eigenvalue weighted by atomic mass is 9.80. The van der Waals surface area contributed by atoms with Crippen LogP contribution in [0.3, 0.4) is 0 Å². The first-order valence-electron chi connectivity index (χ1n) is 7.75. The average molecular weight is 297 g/mol. The first-order chi connectivity index (χ1) is 9.94. The van der Waals surface area contributed by atoms with Gasteiger partial charge in [0.15, 0.2) is 0 Å². The van der Waals surface area contributed by atoms with Gasteiger partial charge in [0.05, 0.1) is 0 Å². The van der Waals surface area contributed by atoms with Gasteiger partial charge in [-0.15, -0.1) is 0 Å². The van der Waals surface area contributed by atoms with E-state index >= 15 is 0 Å². The molecule has 1 saturated carbocycles. The number of ether oxygens (including phenoxy) is 1. The molecule has 4 heteroatoms. The summed E-state index contributed by atoms with van der Waals surface area (Å²) in [4.78, 5) is 0. The Morgan fingerprint density at radius 2 is 1.62 bits per heavy atom. The van der Waals surface area contributed by atoms with Crippen molar-refractivity contribution in [3.63, 3.8) is 0 Å². The Bertz CT molecular complexity index is 425. The molecule has 0 aromatic heterocycles. The largest absolute Gasteiger partial charge is 0.435 e. The van der Waals surface area contributed by atoms with Crippen molar-refractivity contribution in [3.8, 4) is 5.75 Å². The molecule has 0 saturated heterocycles. The quantitative estimate of drug-likeness (QED) is 0.845. The molecule has 2 rings (SSSR count). The van der Waals surface area contributed by atoms with Crippen LogP contribution in [0.2, 0.25) is 0 Å². The van der Waals surface area contributed by atoms with Gasteiger partial charge in [-0.1, -0.05) is 26.0 Å². The third kappa shape index (κ3) is 4.95. The van der Waals surface area contributed by atoms with E-state index in [1.807, 2.05) is 12.1 Å². The van der Waals surface area contributed by atoms with Crippen molar-refractivity contribution in [1.82, 2.24) is 5.32 Å². The molecular formula is C17H25F2NO. The predicted molar refractivity (Wildman–Crippen MR) is 80.6 cm³/mol. The van der Waals surface area contributed by atoms with Crippen molar-refractivity contribution in [2.24, 2.45) is 11.8 Å². The number of hydrogen-bond donors (Lipinski definition) is 1. The Labute approximate surface area is 125 Å². The minimum atomic E-state index is -2.77. The molecule has 1 aromatic rings. The molecule has 3 atom stereocenters. The van der Waals surface area contributed by atoms with E-state index in [4.69, 9.17) is 0 Å². The number of halogens is 2. The maximum absolute atomic E-state index is 12.1. The lowest BCUT2D eigenvalue weighted by molar-refractivity contribution is -0.0498. The van der Waals surface area contributed by atoms with Crippen molar-refractivity contribution in [2.45, 2.75) is 58.7 Å². The zero-order valence-corrected chi connectivity index (χ0v) is 13.0. The van der Waals surface area contributed by atoms with Gasteiger partial charge in [-0.3, -0.25) is 0 Å². The predicted octanol–water partition coefficient (Wildman–Crippen LogP) is 4.76. The van der Waals surface area contributed by atoms with Crippen molar-refractivity contribution < 1.29 is 13.5 Å². The standard InChI is InChI=1S/C17H25F2NO/c1-11-8-12(2)10-15(9-11)20-13(3)14-4-6-16(7-5-14)21-17(18)19/h4-7,11-13,15,17,20H,8-10H2,1-3H3. The molecule has 1 fully saturated rings. The second kappa shape index (κ2) is 7.21. The van der Waals surface area contributed by atoms with E-state index in [2.05, 4.69) is 30.8 Å². The highest BCUT2D eigenvalue weighted by Gasteiger charge is 2.24. The van der Waals surface area contributed by atoms with E-state index in [0.717, 1.165) is 17.4 Å². The number of hydrogen-bond acceptors (Lipinski definition) is 2. The topological polar surface area (TPSA) is 21.3 Å². The Morgan fingerprint density at radius 1 is 1.05 bits per heavy atom. The van der Waals surface area contributed by atoms with Gasteiger partial charge in [0.1, 0.15) is 5.75 Å². The summed E-state index contributed by atoms with van der Waals surface area (Å²) < 4.78 is 28.6. The molecule has 21 heavy (non-hydrogen) atoms. The minimum Gasteiger partial charge on any atom is -0.435 e. The summed E-state index contributed by atoms with van der Waals surface area (Å²) in [6.45, 7) is 3.97. The van der Waals surface area contributed by atoms with Gasteiger partial charge in [0.25, 0.3) is 0 Å². The van der Waals surface area contributed by atoms with Crippen LogP contribution in [0.15, 0.2) is 24.3 Å². The molecular weight excluding hydrogens is 272 g/mol. The van der Waals surface area contributed by atoms with Gasteiger partial charge >= 0.3 is 6.61 Å². The summed E-state index contributed by atoms with van der Waals surface area (Å²) in [7, 11) is 0. The van der Waals surface area contributed by atoms with E-state index in [0.29, 0.717) is 6.04 Å². The molecule has 0 amide bonds. The van der Waals surface area contributed by atoms with E-state index in [-0.39, 0.29) is 11.8 Å². The molecule has 0 aliphatic heterocycles. The van der Waals surface area contributed by atoms with Gasteiger partial charge in [-0.25, -0.2) is 0 Å². The normalized spacial score (nSPS) is 27.6. The summed E-state index contributed by atoms with van der Waals surface area (Å²) in [6, 6.07) is 7.66. The van der Waals surface area contributed by atoms with Crippen LogP contribution in [-0.2, 0) is 0 Å². The molecule has 1 aliphatic carbocycles. The third-order valence-electron chi connectivity index (χ3n) is 4.27. The Hall–Kier alpha value is -1.16. The molecule has 1 aliphatic rings. The summed E-state index contributed by atoms with van der Waals surface area (Å²) in [6.07, 6.45) is 3.73. The highest BCUT2D eigenvalue weighted by atomic mass is 19.3. The first kappa shape index (κ1) is 16.2. The molecule has 3 unspecified atom stereocenters. The monoisotopic (exact) mass is 297 g/mol. The van der Waals surface area contributed by atoms with Crippen LogP contribution < -0.4 is 10.1 Å². The maximum atomic E-state index is 12.1. The lowest BCUT2D eigenvalue weighted by Gasteiger charge is -2.34. The van der Waals surface area contributed by atoms with Crippen LogP contribution in [0.1, 0.15) is 51.6 Å². The maximum Gasteiger partial charge on any atom is 0.387 e. The summed E-state index contributed by atoms with van der Waals surface area (Å²) >= 11 is 0. The number of nitrogens with one attached hydrogen (secondary N) is 1. The van der Waals surface area contributed by atoms with Crippen LogP contribution in [0.25, 0.3) is 0 Å². The highest BCUT2D eigenvalue weighted by Crippen LogP contribution is 2.30. The first-order valence-corrected chi connectivity index (χ1v) is 7.75. The Morgan fingerprint density at radius 3 is 2.14 bits per heavy atom. The van der Waals surface area contributed by atoms with E-state index in [9.17, 15) is 8.78 Å². The van der Waals surface area contributed by atoms with Crippen LogP contribution in [0, 0.1) is 11.8 Å². The fraction of sp³-hybridized carbons (Fsp3) is 0.647. The number of benzene rings is 1. The van der Waals surface area contributed by atoms with Crippen molar-refractivity contribution in [1.29, 1.82) is 0 Å². The zero-order chi connectivity index (χ0) is 15.4. The zero-order valence-electron chi connectivity index (χ0n) is 13.0.